The van der Waals surface area contributed by atoms with Crippen LogP contribution in [0.25, 0.3) is 10.9 Å². The van der Waals surface area contributed by atoms with Crippen LogP contribution in [0.3, 0.4) is 0 Å². The molecule has 1 amide bonds. The van der Waals surface area contributed by atoms with E-state index in [9.17, 15) is 9.59 Å². The van der Waals surface area contributed by atoms with Gasteiger partial charge in [-0.2, -0.15) is 0 Å². The number of anilines is 1. The molecule has 0 aliphatic carbocycles. The minimum absolute atomic E-state index is 0.0493. The Balaban J connectivity index is 1.36. The van der Waals surface area contributed by atoms with Gasteiger partial charge in [-0.05, 0) is 43.7 Å². The van der Waals surface area contributed by atoms with Gasteiger partial charge in [-0.1, -0.05) is 0 Å². The van der Waals surface area contributed by atoms with Gasteiger partial charge in [-0.25, -0.2) is 4.98 Å². The van der Waals surface area contributed by atoms with Crippen LogP contribution in [0, 0.1) is 6.92 Å². The third-order valence-electron chi connectivity index (χ3n) is 6.47. The van der Waals surface area contributed by atoms with Gasteiger partial charge in [0, 0.05) is 61.3 Å². The number of rotatable bonds is 2. The number of nitrogens with zero attached hydrogens (tertiary/aromatic N) is 3. The Bertz CT molecular complexity index is 1220. The van der Waals surface area contributed by atoms with E-state index >= 15 is 0 Å². The number of H-pyrrole nitrogens is 1. The van der Waals surface area contributed by atoms with Gasteiger partial charge < -0.3 is 19.9 Å². The van der Waals surface area contributed by atoms with Crippen molar-refractivity contribution in [2.24, 2.45) is 0 Å². The number of carbonyl (C=O) groups excluding carboxylic acids is 1. The van der Waals surface area contributed by atoms with Crippen LogP contribution in [0.15, 0.2) is 41.3 Å². The molecule has 5 rings (SSSR count). The van der Waals surface area contributed by atoms with E-state index in [1.165, 1.54) is 0 Å². The molecule has 2 aliphatic heterocycles. The summed E-state index contributed by atoms with van der Waals surface area (Å²) in [5.74, 6) is 0.722. The van der Waals surface area contributed by atoms with Crippen molar-refractivity contribution in [2.45, 2.75) is 25.9 Å². The number of pyridine rings is 2. The Labute approximate surface area is 186 Å². The number of aromatic nitrogens is 2. The second-order valence-electron chi connectivity index (χ2n) is 8.52. The summed E-state index contributed by atoms with van der Waals surface area (Å²) in [4.78, 5) is 35.9. The molecule has 3 aromatic rings. The van der Waals surface area contributed by atoms with E-state index in [-0.39, 0.29) is 11.5 Å². The fourth-order valence-electron chi connectivity index (χ4n) is 4.61. The summed E-state index contributed by atoms with van der Waals surface area (Å²) in [7, 11) is 1.60. The van der Waals surface area contributed by atoms with Crippen molar-refractivity contribution in [1.29, 1.82) is 0 Å². The van der Waals surface area contributed by atoms with E-state index in [2.05, 4.69) is 31.2 Å². The molecule has 2 aromatic heterocycles. The first-order chi connectivity index (χ1) is 15.5. The predicted molar refractivity (Wildman–Crippen MR) is 123 cm³/mol. The number of fused-ring (bicyclic) bond motifs is 3. The molecular formula is C24H27N5O3. The molecule has 32 heavy (non-hydrogen) atoms. The normalized spacial score (nSPS) is 18.8. The first-order valence-electron chi connectivity index (χ1n) is 11.0. The highest BCUT2D eigenvalue weighted by Crippen LogP contribution is 2.31. The minimum Gasteiger partial charge on any atom is -0.493 e. The van der Waals surface area contributed by atoms with Crippen LogP contribution in [0.4, 0.5) is 5.69 Å². The highest BCUT2D eigenvalue weighted by atomic mass is 16.5. The number of ether oxygens (including phenoxy) is 1. The largest absolute Gasteiger partial charge is 0.493 e. The average molecular weight is 434 g/mol. The molecule has 0 saturated carbocycles. The van der Waals surface area contributed by atoms with Crippen molar-refractivity contribution in [3.05, 3.63) is 63.7 Å². The Morgan fingerprint density at radius 2 is 2.12 bits per heavy atom. The molecule has 1 atom stereocenters. The van der Waals surface area contributed by atoms with Gasteiger partial charge in [0.25, 0.3) is 11.5 Å². The summed E-state index contributed by atoms with van der Waals surface area (Å²) in [5, 5.41) is 3.60. The van der Waals surface area contributed by atoms with Crippen LogP contribution in [0.2, 0.25) is 0 Å². The van der Waals surface area contributed by atoms with Crippen LogP contribution in [0.5, 0.6) is 5.75 Å². The van der Waals surface area contributed by atoms with E-state index in [1.807, 2.05) is 25.1 Å². The molecule has 2 N–H and O–H groups in total. The molecule has 1 fully saturated rings. The summed E-state index contributed by atoms with van der Waals surface area (Å²) >= 11 is 0. The Kier molecular flexibility index (Phi) is 5.30. The second kappa shape index (κ2) is 8.27. The lowest BCUT2D eigenvalue weighted by molar-refractivity contribution is 0.0958. The number of aromatic amines is 1. The lowest BCUT2D eigenvalue weighted by Gasteiger charge is -2.43. The maximum atomic E-state index is 12.1. The molecule has 1 saturated heterocycles. The van der Waals surface area contributed by atoms with Crippen molar-refractivity contribution in [3.8, 4) is 5.75 Å². The number of hydrogen-bond donors (Lipinski definition) is 2. The summed E-state index contributed by atoms with van der Waals surface area (Å²) < 4.78 is 6.16. The minimum atomic E-state index is -0.179. The van der Waals surface area contributed by atoms with E-state index in [0.717, 1.165) is 60.5 Å². The summed E-state index contributed by atoms with van der Waals surface area (Å²) in [6, 6.07) is 10.1. The zero-order chi connectivity index (χ0) is 22.2. The Hall–Kier alpha value is -3.39. The molecule has 8 nitrogen and oxygen atoms in total. The number of amides is 1. The first-order valence-corrected chi connectivity index (χ1v) is 11.0. The van der Waals surface area contributed by atoms with Gasteiger partial charge in [0.05, 0.1) is 18.5 Å². The molecule has 2 aliphatic rings. The fourth-order valence-corrected chi connectivity index (χ4v) is 4.61. The number of benzene rings is 1. The number of piperazine rings is 1. The van der Waals surface area contributed by atoms with Gasteiger partial charge in [0.1, 0.15) is 11.4 Å². The standard InChI is InChI=1S/C24H27N5O3/c1-15-9-16-11-22-17(10-21(16)27-23(15)30)13-28-6-7-29(14-19(28)5-8-32-22)18-3-4-20(26-12-18)24(31)25-2/h3-4,9-12,19H,5-8,13-14H2,1-2H3,(H,25,31)(H,27,30)/t19-/m0/s1. The number of hydrogen-bond acceptors (Lipinski definition) is 6. The van der Waals surface area contributed by atoms with Crippen molar-refractivity contribution < 1.29 is 9.53 Å². The summed E-state index contributed by atoms with van der Waals surface area (Å²) in [5.41, 5.74) is 4.06. The van der Waals surface area contributed by atoms with Gasteiger partial charge in [-0.3, -0.25) is 14.5 Å². The van der Waals surface area contributed by atoms with Crippen LogP contribution in [0.1, 0.15) is 28.0 Å². The van der Waals surface area contributed by atoms with Gasteiger partial charge in [-0.15, -0.1) is 0 Å². The third kappa shape index (κ3) is 3.82. The monoisotopic (exact) mass is 433 g/mol. The molecule has 4 heterocycles. The first kappa shape index (κ1) is 20.5. The highest BCUT2D eigenvalue weighted by molar-refractivity contribution is 5.92. The lowest BCUT2D eigenvalue weighted by Crippen LogP contribution is -2.53. The van der Waals surface area contributed by atoms with Crippen LogP contribution < -0.4 is 20.5 Å². The SMILES string of the molecule is CNC(=O)c1ccc(N2CCN3Cc4cc5[nH]c(=O)c(C)cc5cc4OCC[C@H]3C2)cn1. The predicted octanol–water partition coefficient (Wildman–Crippen LogP) is 2.06. The topological polar surface area (TPSA) is 90.6 Å². The zero-order valence-electron chi connectivity index (χ0n) is 18.4. The van der Waals surface area contributed by atoms with Crippen LogP contribution >= 0.6 is 0 Å². The van der Waals surface area contributed by atoms with Crippen LogP contribution in [-0.2, 0) is 6.54 Å². The second-order valence-corrected chi connectivity index (χ2v) is 8.52. The van der Waals surface area contributed by atoms with Gasteiger partial charge >= 0.3 is 0 Å². The van der Waals surface area contributed by atoms with Crippen molar-refractivity contribution in [3.63, 3.8) is 0 Å². The molecule has 1 aromatic carbocycles. The van der Waals surface area contributed by atoms with Gasteiger partial charge in [0.2, 0.25) is 0 Å². The Morgan fingerprint density at radius 1 is 1.25 bits per heavy atom. The average Bonchev–Trinajstić information content (AvgIpc) is 2.79. The van der Waals surface area contributed by atoms with Crippen molar-refractivity contribution >= 4 is 22.5 Å². The van der Waals surface area contributed by atoms with Crippen molar-refractivity contribution in [2.75, 3.05) is 38.2 Å². The molecule has 0 spiro atoms. The molecule has 8 heteroatoms. The Morgan fingerprint density at radius 3 is 2.91 bits per heavy atom. The molecule has 0 radical (unpaired) electrons. The number of aryl methyl sites for hydroxylation is 1. The highest BCUT2D eigenvalue weighted by Gasteiger charge is 2.29. The van der Waals surface area contributed by atoms with E-state index < -0.39 is 0 Å². The molecule has 166 valence electrons. The lowest BCUT2D eigenvalue weighted by atomic mass is 10.0. The van der Waals surface area contributed by atoms with Crippen LogP contribution in [-0.4, -0.2) is 60.1 Å². The fraction of sp³-hybridized carbons (Fsp3) is 0.375. The van der Waals surface area contributed by atoms with E-state index in [1.54, 1.807) is 19.3 Å². The molecular weight excluding hydrogens is 406 g/mol. The van der Waals surface area contributed by atoms with E-state index in [4.69, 9.17) is 4.74 Å². The maximum absolute atomic E-state index is 12.1. The quantitative estimate of drug-likeness (QED) is 0.643. The summed E-state index contributed by atoms with van der Waals surface area (Å²) in [6.45, 7) is 5.93. The summed E-state index contributed by atoms with van der Waals surface area (Å²) in [6.07, 6.45) is 2.71. The van der Waals surface area contributed by atoms with Crippen molar-refractivity contribution in [1.82, 2.24) is 20.2 Å². The third-order valence-corrected chi connectivity index (χ3v) is 6.47. The number of carbonyl (C=O) groups is 1. The maximum Gasteiger partial charge on any atom is 0.269 e. The van der Waals surface area contributed by atoms with E-state index in [0.29, 0.717) is 23.9 Å². The smallest absolute Gasteiger partial charge is 0.269 e. The molecule has 0 bridgehead atoms. The van der Waals surface area contributed by atoms with Gasteiger partial charge in [0.15, 0.2) is 0 Å². The zero-order valence-corrected chi connectivity index (χ0v) is 18.4. The molecule has 0 unspecified atom stereocenters. The number of nitrogens with one attached hydrogen (secondary N) is 2.